The van der Waals surface area contributed by atoms with Gasteiger partial charge in [-0.1, -0.05) is 11.3 Å². The third-order valence-corrected chi connectivity index (χ3v) is 2.70. The Morgan fingerprint density at radius 1 is 1.67 bits per heavy atom. The van der Waals surface area contributed by atoms with Crippen LogP contribution in [0, 0.1) is 21.4 Å². The standard InChI is InChI=1S/C8H4N4O2S/c9-2-1-7-11-6-3-5(12(13)14)4-10-8(6)15-7/h3-4H,1H2. The van der Waals surface area contributed by atoms with E-state index in [9.17, 15) is 10.1 Å². The van der Waals surface area contributed by atoms with Crippen molar-refractivity contribution in [3.05, 3.63) is 27.4 Å². The molecule has 0 saturated heterocycles. The van der Waals surface area contributed by atoms with Gasteiger partial charge in [0.25, 0.3) is 5.69 Å². The summed E-state index contributed by atoms with van der Waals surface area (Å²) in [4.78, 5) is 18.5. The van der Waals surface area contributed by atoms with Crippen molar-refractivity contribution in [1.82, 2.24) is 9.97 Å². The Balaban J connectivity index is 2.53. The van der Waals surface area contributed by atoms with E-state index >= 15 is 0 Å². The van der Waals surface area contributed by atoms with Crippen molar-refractivity contribution in [3.63, 3.8) is 0 Å². The zero-order chi connectivity index (χ0) is 10.8. The van der Waals surface area contributed by atoms with Crippen molar-refractivity contribution in [2.75, 3.05) is 0 Å². The Labute approximate surface area is 88.0 Å². The third-order valence-electron chi connectivity index (χ3n) is 1.72. The Hall–Kier alpha value is -2.07. The summed E-state index contributed by atoms with van der Waals surface area (Å²) in [5.41, 5.74) is 0.385. The van der Waals surface area contributed by atoms with Gasteiger partial charge in [0.2, 0.25) is 0 Å². The zero-order valence-corrected chi connectivity index (χ0v) is 8.19. The molecule has 0 fully saturated rings. The highest BCUT2D eigenvalue weighted by Crippen LogP contribution is 2.23. The number of nitrogens with zero attached hydrogens (tertiary/aromatic N) is 4. The minimum Gasteiger partial charge on any atom is -0.258 e. The summed E-state index contributed by atoms with van der Waals surface area (Å²) in [6.45, 7) is 0. The van der Waals surface area contributed by atoms with Gasteiger partial charge in [-0.15, -0.1) is 0 Å². The molecule has 0 aliphatic rings. The number of hydrogen-bond donors (Lipinski definition) is 0. The average molecular weight is 220 g/mol. The highest BCUT2D eigenvalue weighted by atomic mass is 32.1. The van der Waals surface area contributed by atoms with E-state index in [0.29, 0.717) is 15.4 Å². The van der Waals surface area contributed by atoms with Crippen LogP contribution in [-0.2, 0) is 6.42 Å². The molecular weight excluding hydrogens is 216 g/mol. The fraction of sp³-hybridized carbons (Fsp3) is 0.125. The summed E-state index contributed by atoms with van der Waals surface area (Å²) >= 11 is 1.27. The van der Waals surface area contributed by atoms with Gasteiger partial charge in [-0.2, -0.15) is 5.26 Å². The molecule has 0 saturated carbocycles. The normalized spacial score (nSPS) is 10.1. The van der Waals surface area contributed by atoms with Crippen LogP contribution in [0.3, 0.4) is 0 Å². The lowest BCUT2D eigenvalue weighted by atomic mass is 10.4. The summed E-state index contributed by atoms with van der Waals surface area (Å²) in [7, 11) is 0. The van der Waals surface area contributed by atoms with E-state index in [1.807, 2.05) is 6.07 Å². The maximum Gasteiger partial charge on any atom is 0.289 e. The number of nitriles is 1. The van der Waals surface area contributed by atoms with Crippen LogP contribution in [0.25, 0.3) is 10.3 Å². The minimum atomic E-state index is -0.518. The van der Waals surface area contributed by atoms with E-state index in [-0.39, 0.29) is 12.1 Å². The fourth-order valence-corrected chi connectivity index (χ4v) is 1.92. The quantitative estimate of drug-likeness (QED) is 0.566. The number of aromatic nitrogens is 2. The second kappa shape index (κ2) is 3.59. The zero-order valence-electron chi connectivity index (χ0n) is 7.38. The van der Waals surface area contributed by atoms with Gasteiger partial charge in [0.15, 0.2) is 0 Å². The predicted molar refractivity (Wildman–Crippen MR) is 53.4 cm³/mol. The van der Waals surface area contributed by atoms with Gasteiger partial charge in [-0.3, -0.25) is 10.1 Å². The molecule has 7 heteroatoms. The van der Waals surface area contributed by atoms with Gasteiger partial charge in [0.1, 0.15) is 21.6 Å². The molecule has 2 aromatic heterocycles. The van der Waals surface area contributed by atoms with Crippen LogP contribution in [0.2, 0.25) is 0 Å². The van der Waals surface area contributed by atoms with Crippen LogP contribution in [0.5, 0.6) is 0 Å². The molecule has 15 heavy (non-hydrogen) atoms. The van der Waals surface area contributed by atoms with Crippen LogP contribution >= 0.6 is 11.3 Å². The molecule has 0 bridgehead atoms. The lowest BCUT2D eigenvalue weighted by molar-refractivity contribution is -0.385. The number of thiazole rings is 1. The summed E-state index contributed by atoms with van der Waals surface area (Å²) in [5.74, 6) is 0. The Bertz CT molecular complexity index is 572. The van der Waals surface area contributed by atoms with Gasteiger partial charge < -0.3 is 0 Å². The molecule has 0 aromatic carbocycles. The smallest absolute Gasteiger partial charge is 0.258 e. The lowest BCUT2D eigenvalue weighted by Gasteiger charge is -1.88. The highest BCUT2D eigenvalue weighted by molar-refractivity contribution is 7.18. The third kappa shape index (κ3) is 1.75. The molecular formula is C8H4N4O2S. The molecule has 0 amide bonds. The second-order valence-corrected chi connectivity index (χ2v) is 3.78. The molecule has 0 aliphatic carbocycles. The van der Waals surface area contributed by atoms with Crippen LogP contribution in [-0.4, -0.2) is 14.9 Å². The Kier molecular flexibility index (Phi) is 2.27. The molecule has 0 unspecified atom stereocenters. The molecule has 0 radical (unpaired) electrons. The fourth-order valence-electron chi connectivity index (χ4n) is 1.10. The largest absolute Gasteiger partial charge is 0.289 e. The molecule has 0 N–H and O–H groups in total. The predicted octanol–water partition coefficient (Wildman–Crippen LogP) is 1.67. The van der Waals surface area contributed by atoms with Gasteiger partial charge in [0, 0.05) is 6.07 Å². The molecule has 2 rings (SSSR count). The number of hydrogen-bond acceptors (Lipinski definition) is 6. The molecule has 0 atom stereocenters. The van der Waals surface area contributed by atoms with E-state index in [1.165, 1.54) is 23.6 Å². The van der Waals surface area contributed by atoms with Crippen molar-refractivity contribution >= 4 is 27.4 Å². The van der Waals surface area contributed by atoms with Crippen LogP contribution < -0.4 is 0 Å². The van der Waals surface area contributed by atoms with Gasteiger partial charge in [-0.25, -0.2) is 9.97 Å². The SMILES string of the molecule is N#CCc1nc2cc([N+](=O)[O-])cnc2s1. The Morgan fingerprint density at radius 2 is 2.47 bits per heavy atom. The minimum absolute atomic E-state index is 0.0868. The van der Waals surface area contributed by atoms with Crippen LogP contribution in [0.15, 0.2) is 12.3 Å². The molecule has 0 aliphatic heterocycles. The van der Waals surface area contributed by atoms with Crippen LogP contribution in [0.1, 0.15) is 5.01 Å². The first kappa shape index (κ1) is 9.48. The van der Waals surface area contributed by atoms with E-state index in [2.05, 4.69) is 9.97 Å². The first-order chi connectivity index (χ1) is 7.20. The molecule has 6 nitrogen and oxygen atoms in total. The summed E-state index contributed by atoms with van der Waals surface area (Å²) in [6.07, 6.45) is 1.39. The lowest BCUT2D eigenvalue weighted by Crippen LogP contribution is -1.88. The maximum absolute atomic E-state index is 10.5. The monoisotopic (exact) mass is 220 g/mol. The first-order valence-corrected chi connectivity index (χ1v) is 4.79. The molecule has 2 aromatic rings. The molecule has 74 valence electrons. The average Bonchev–Trinajstić information content (AvgIpc) is 2.59. The first-order valence-electron chi connectivity index (χ1n) is 3.97. The Morgan fingerprint density at radius 3 is 3.13 bits per heavy atom. The molecule has 2 heterocycles. The van der Waals surface area contributed by atoms with Crippen molar-refractivity contribution in [1.29, 1.82) is 5.26 Å². The number of nitro groups is 1. The number of pyridine rings is 1. The number of rotatable bonds is 2. The summed E-state index contributed by atoms with van der Waals surface area (Å²) < 4.78 is 0. The van der Waals surface area contributed by atoms with E-state index < -0.39 is 4.92 Å². The highest BCUT2D eigenvalue weighted by Gasteiger charge is 2.11. The van der Waals surface area contributed by atoms with Gasteiger partial charge in [-0.05, 0) is 0 Å². The summed E-state index contributed by atoms with van der Waals surface area (Å²) in [5, 5.41) is 19.6. The van der Waals surface area contributed by atoms with Crippen molar-refractivity contribution in [3.8, 4) is 6.07 Å². The van der Waals surface area contributed by atoms with Crippen LogP contribution in [0.4, 0.5) is 5.69 Å². The topological polar surface area (TPSA) is 92.7 Å². The van der Waals surface area contributed by atoms with E-state index in [4.69, 9.17) is 5.26 Å². The maximum atomic E-state index is 10.5. The van der Waals surface area contributed by atoms with Crippen molar-refractivity contribution < 1.29 is 4.92 Å². The van der Waals surface area contributed by atoms with Gasteiger partial charge >= 0.3 is 0 Å². The van der Waals surface area contributed by atoms with Crippen molar-refractivity contribution in [2.45, 2.75) is 6.42 Å². The van der Waals surface area contributed by atoms with E-state index in [0.717, 1.165) is 0 Å². The second-order valence-electron chi connectivity index (χ2n) is 2.72. The van der Waals surface area contributed by atoms with Gasteiger partial charge in [0.05, 0.1) is 17.4 Å². The number of fused-ring (bicyclic) bond motifs is 1. The molecule has 0 spiro atoms. The van der Waals surface area contributed by atoms with E-state index in [1.54, 1.807) is 0 Å². The summed E-state index contributed by atoms with van der Waals surface area (Å²) in [6, 6.07) is 3.33. The van der Waals surface area contributed by atoms with Crippen molar-refractivity contribution in [2.24, 2.45) is 0 Å².